The summed E-state index contributed by atoms with van der Waals surface area (Å²) in [4.78, 5) is 2.46. The van der Waals surface area contributed by atoms with Gasteiger partial charge in [0.1, 0.15) is 0 Å². The zero-order valence-electron chi connectivity index (χ0n) is 27.8. The lowest BCUT2D eigenvalue weighted by Gasteiger charge is -2.32. The average Bonchev–Trinajstić information content (AvgIpc) is 3.82. The molecule has 0 radical (unpaired) electrons. The molecule has 2 aliphatic carbocycles. The highest BCUT2D eigenvalue weighted by atomic mass is 32.1. The van der Waals surface area contributed by atoms with Crippen LogP contribution in [0.5, 0.6) is 0 Å². The Morgan fingerprint density at radius 2 is 0.863 bits per heavy atom. The third-order valence-corrected chi connectivity index (χ3v) is 12.2. The van der Waals surface area contributed by atoms with Gasteiger partial charge in [-0.3, -0.25) is 0 Å². The number of fused-ring (bicyclic) bond motifs is 13. The average molecular weight is 666 g/mol. The largest absolute Gasteiger partial charge is 0.310 e. The lowest BCUT2D eigenvalue weighted by molar-refractivity contribution is 0.793. The van der Waals surface area contributed by atoms with E-state index in [4.69, 9.17) is 0 Å². The fraction of sp³-hybridized carbons (Fsp3) is 0.0204. The second-order valence-corrected chi connectivity index (χ2v) is 14.7. The van der Waals surface area contributed by atoms with Crippen LogP contribution in [0.25, 0.3) is 53.6 Å². The summed E-state index contributed by atoms with van der Waals surface area (Å²) in [7, 11) is 0. The summed E-state index contributed by atoms with van der Waals surface area (Å²) >= 11 is 1.86. The van der Waals surface area contributed by atoms with Gasteiger partial charge in [0.05, 0.1) is 5.41 Å². The first kappa shape index (κ1) is 28.6. The van der Waals surface area contributed by atoms with Crippen molar-refractivity contribution < 1.29 is 0 Å². The van der Waals surface area contributed by atoms with E-state index in [2.05, 4.69) is 193 Å². The smallest absolute Gasteiger partial charge is 0.0726 e. The Bertz CT molecular complexity index is 2760. The highest BCUT2D eigenvalue weighted by molar-refractivity contribution is 7.25. The molecule has 0 unspecified atom stereocenters. The van der Waals surface area contributed by atoms with Gasteiger partial charge in [0.25, 0.3) is 0 Å². The fourth-order valence-electron chi connectivity index (χ4n) is 8.98. The number of hydrogen-bond acceptors (Lipinski definition) is 2. The molecule has 0 saturated carbocycles. The molecule has 9 aromatic rings. The van der Waals surface area contributed by atoms with E-state index < -0.39 is 5.41 Å². The van der Waals surface area contributed by atoms with Gasteiger partial charge in [-0.25, -0.2) is 0 Å². The molecular weight excluding hydrogens is 635 g/mol. The van der Waals surface area contributed by atoms with Crippen LogP contribution in [0.2, 0.25) is 0 Å². The van der Waals surface area contributed by atoms with Crippen LogP contribution in [0.3, 0.4) is 0 Å². The molecule has 1 spiro atoms. The molecule has 0 amide bonds. The Hall–Kier alpha value is -6.22. The van der Waals surface area contributed by atoms with Crippen molar-refractivity contribution in [2.75, 3.05) is 4.90 Å². The van der Waals surface area contributed by atoms with Crippen LogP contribution >= 0.6 is 11.3 Å². The summed E-state index contributed by atoms with van der Waals surface area (Å²) in [6, 6.07) is 69.8. The number of hydrogen-bond donors (Lipinski definition) is 0. The van der Waals surface area contributed by atoms with Gasteiger partial charge < -0.3 is 4.90 Å². The third-order valence-electron chi connectivity index (χ3n) is 11.1. The van der Waals surface area contributed by atoms with E-state index in [-0.39, 0.29) is 0 Å². The summed E-state index contributed by atoms with van der Waals surface area (Å²) in [5.74, 6) is 0. The van der Waals surface area contributed by atoms with E-state index in [0.717, 1.165) is 17.1 Å². The van der Waals surface area contributed by atoms with E-state index in [1.54, 1.807) is 0 Å². The molecule has 1 aromatic heterocycles. The molecule has 0 atom stereocenters. The van der Waals surface area contributed by atoms with E-state index in [0.29, 0.717) is 0 Å². The maximum atomic E-state index is 2.49. The predicted octanol–water partition coefficient (Wildman–Crippen LogP) is 13.5. The van der Waals surface area contributed by atoms with Gasteiger partial charge in [-0.15, -0.1) is 11.3 Å². The first-order chi connectivity index (χ1) is 25.3. The molecule has 8 aromatic carbocycles. The van der Waals surface area contributed by atoms with Crippen molar-refractivity contribution in [2.24, 2.45) is 0 Å². The van der Waals surface area contributed by atoms with Gasteiger partial charge in [-0.1, -0.05) is 140 Å². The van der Waals surface area contributed by atoms with Gasteiger partial charge in [0, 0.05) is 37.2 Å². The summed E-state index contributed by atoms with van der Waals surface area (Å²) < 4.78 is 2.62. The van der Waals surface area contributed by atoms with Gasteiger partial charge in [0.15, 0.2) is 0 Å². The number of anilines is 3. The molecular formula is C49H31NS. The van der Waals surface area contributed by atoms with Crippen molar-refractivity contribution in [1.29, 1.82) is 0 Å². The second-order valence-electron chi connectivity index (χ2n) is 13.6. The number of thiophene rings is 1. The van der Waals surface area contributed by atoms with Crippen LogP contribution in [0.1, 0.15) is 22.3 Å². The molecule has 0 aliphatic heterocycles. The summed E-state index contributed by atoms with van der Waals surface area (Å²) in [5, 5.41) is 2.60. The van der Waals surface area contributed by atoms with E-state index in [9.17, 15) is 0 Å². The molecule has 1 nitrogen and oxygen atoms in total. The molecule has 0 fully saturated rings. The summed E-state index contributed by atoms with van der Waals surface area (Å²) in [5.41, 5.74) is 16.1. The van der Waals surface area contributed by atoms with Crippen LogP contribution in [0, 0.1) is 0 Å². The van der Waals surface area contributed by atoms with Crippen LogP contribution in [0.4, 0.5) is 17.1 Å². The topological polar surface area (TPSA) is 3.24 Å². The number of benzene rings is 8. The third kappa shape index (κ3) is 4.03. The molecule has 2 heteroatoms. The molecule has 2 aliphatic rings. The fourth-order valence-corrected chi connectivity index (χ4v) is 10.1. The Labute approximate surface area is 301 Å². The van der Waals surface area contributed by atoms with Crippen LogP contribution < -0.4 is 4.90 Å². The first-order valence-corrected chi connectivity index (χ1v) is 18.4. The standard InChI is InChI=1S/C49H31NS/c1-2-13-32(14-3-1)33-15-12-16-34(29-33)50(35-26-28-48-42(30-35)41-20-7-11-24-47(41)51-48)36-25-27-40-39-19-6-10-23-45(39)49(46(40)31-36)43-21-8-4-17-37(43)38-18-5-9-22-44(38)49/h1-31H. The second kappa shape index (κ2) is 10.9. The molecule has 0 bridgehead atoms. The van der Waals surface area contributed by atoms with E-state index >= 15 is 0 Å². The van der Waals surface area contributed by atoms with Crippen molar-refractivity contribution in [3.63, 3.8) is 0 Å². The Morgan fingerprint density at radius 1 is 0.333 bits per heavy atom. The van der Waals surface area contributed by atoms with E-state index in [1.165, 1.54) is 75.8 Å². The van der Waals surface area contributed by atoms with Gasteiger partial charge in [-0.2, -0.15) is 0 Å². The van der Waals surface area contributed by atoms with Crippen molar-refractivity contribution in [3.05, 3.63) is 210 Å². The lowest BCUT2D eigenvalue weighted by Crippen LogP contribution is -2.26. The molecule has 0 N–H and O–H groups in total. The number of nitrogens with zero attached hydrogens (tertiary/aromatic N) is 1. The Balaban J connectivity index is 1.19. The van der Waals surface area contributed by atoms with Crippen molar-refractivity contribution in [2.45, 2.75) is 5.41 Å². The maximum Gasteiger partial charge on any atom is 0.0726 e. The van der Waals surface area contributed by atoms with Crippen LogP contribution in [0.15, 0.2) is 188 Å². The first-order valence-electron chi connectivity index (χ1n) is 17.6. The van der Waals surface area contributed by atoms with Gasteiger partial charge in [0.2, 0.25) is 0 Å². The van der Waals surface area contributed by atoms with Crippen LogP contribution in [-0.2, 0) is 5.41 Å². The zero-order chi connectivity index (χ0) is 33.5. The van der Waals surface area contributed by atoms with Gasteiger partial charge >= 0.3 is 0 Å². The molecule has 51 heavy (non-hydrogen) atoms. The highest BCUT2D eigenvalue weighted by Crippen LogP contribution is 2.63. The maximum absolute atomic E-state index is 2.49. The van der Waals surface area contributed by atoms with E-state index in [1.807, 2.05) is 11.3 Å². The number of rotatable bonds is 4. The minimum absolute atomic E-state index is 0.403. The Kier molecular flexibility index (Phi) is 6.11. The Morgan fingerprint density at radius 3 is 1.59 bits per heavy atom. The van der Waals surface area contributed by atoms with Gasteiger partial charge in [-0.05, 0) is 104 Å². The molecule has 238 valence electrons. The van der Waals surface area contributed by atoms with Crippen molar-refractivity contribution in [1.82, 2.24) is 0 Å². The predicted molar refractivity (Wildman–Crippen MR) is 216 cm³/mol. The summed E-state index contributed by atoms with van der Waals surface area (Å²) in [6.45, 7) is 0. The van der Waals surface area contributed by atoms with Crippen molar-refractivity contribution in [3.8, 4) is 33.4 Å². The molecule has 0 saturated heterocycles. The zero-order valence-corrected chi connectivity index (χ0v) is 28.6. The quantitative estimate of drug-likeness (QED) is 0.181. The monoisotopic (exact) mass is 665 g/mol. The minimum Gasteiger partial charge on any atom is -0.310 e. The SMILES string of the molecule is c1ccc(-c2cccc(N(c3ccc4c(c3)C3(c5ccccc5-c5ccccc53)c3ccccc3-4)c3ccc4sc5ccccc5c4c3)c2)cc1. The highest BCUT2D eigenvalue weighted by Gasteiger charge is 2.51. The summed E-state index contributed by atoms with van der Waals surface area (Å²) in [6.07, 6.45) is 0. The minimum atomic E-state index is -0.403. The normalized spacial score (nSPS) is 13.3. The van der Waals surface area contributed by atoms with Crippen LogP contribution in [-0.4, -0.2) is 0 Å². The molecule has 11 rings (SSSR count). The lowest BCUT2D eigenvalue weighted by atomic mass is 9.70. The molecule has 1 heterocycles. The van der Waals surface area contributed by atoms with Crippen molar-refractivity contribution >= 4 is 48.6 Å².